The highest BCUT2D eigenvalue weighted by Gasteiger charge is 2.16. The molecule has 1 atom stereocenters. The number of hydrogen-bond acceptors (Lipinski definition) is 5. The van der Waals surface area contributed by atoms with E-state index in [-0.39, 0.29) is 11.3 Å². The molecule has 6 nitrogen and oxygen atoms in total. The van der Waals surface area contributed by atoms with Crippen molar-refractivity contribution in [1.29, 1.82) is 0 Å². The third-order valence-electron chi connectivity index (χ3n) is 3.67. The molecule has 0 fully saturated rings. The van der Waals surface area contributed by atoms with Crippen LogP contribution in [-0.4, -0.2) is 19.3 Å². The summed E-state index contributed by atoms with van der Waals surface area (Å²) >= 11 is 1.36. The molecule has 0 aliphatic carbocycles. The summed E-state index contributed by atoms with van der Waals surface area (Å²) in [5.41, 5.74) is 4.14. The normalized spacial score (nSPS) is 12.8. The fourth-order valence-electron chi connectivity index (χ4n) is 2.06. The molecule has 0 unspecified atom stereocenters. The standard InChI is InChI=1S/C16H21N3O3S2/c1-4-11(2)13-5-7-14(8-6-13)24(21,22)19-18-15(20)9-16-17-12(3)10-23-16/h5-8,10-11,19H,4,9H2,1-3H3,(H,18,20)/t11-/m0/s1. The van der Waals surface area contributed by atoms with Gasteiger partial charge in [0, 0.05) is 11.1 Å². The van der Waals surface area contributed by atoms with Crippen LogP contribution in [0, 0.1) is 6.92 Å². The Balaban J connectivity index is 1.96. The van der Waals surface area contributed by atoms with E-state index in [1.54, 1.807) is 24.3 Å². The van der Waals surface area contributed by atoms with Crippen LogP contribution >= 0.6 is 11.3 Å². The van der Waals surface area contributed by atoms with Crippen molar-refractivity contribution >= 4 is 27.3 Å². The average molecular weight is 367 g/mol. The fourth-order valence-corrected chi connectivity index (χ4v) is 3.69. The Labute approximate surface area is 146 Å². The molecule has 0 spiro atoms. The minimum Gasteiger partial charge on any atom is -0.277 e. The minimum absolute atomic E-state index is 0.0357. The first-order chi connectivity index (χ1) is 11.3. The largest absolute Gasteiger partial charge is 0.277 e. The van der Waals surface area contributed by atoms with Gasteiger partial charge in [0.15, 0.2) is 0 Å². The SMILES string of the molecule is CC[C@H](C)c1ccc(S(=O)(=O)NNC(=O)Cc2nc(C)cs2)cc1. The summed E-state index contributed by atoms with van der Waals surface area (Å²) in [4.78, 5) is 18.2. The molecule has 0 saturated carbocycles. The summed E-state index contributed by atoms with van der Waals surface area (Å²) in [6, 6.07) is 6.67. The van der Waals surface area contributed by atoms with Crippen molar-refractivity contribution in [1.82, 2.24) is 15.2 Å². The topological polar surface area (TPSA) is 88.2 Å². The number of thiazole rings is 1. The second-order valence-corrected chi connectivity index (χ2v) is 8.22. The Hall–Kier alpha value is -1.77. The molecule has 1 heterocycles. The first-order valence-corrected chi connectivity index (χ1v) is 9.99. The number of nitrogens with one attached hydrogen (secondary N) is 2. The number of aryl methyl sites for hydroxylation is 1. The van der Waals surface area contributed by atoms with Crippen molar-refractivity contribution in [3.8, 4) is 0 Å². The molecular formula is C16H21N3O3S2. The second kappa shape index (κ2) is 7.87. The van der Waals surface area contributed by atoms with Crippen LogP contribution in [0.4, 0.5) is 0 Å². The molecule has 0 radical (unpaired) electrons. The quantitative estimate of drug-likeness (QED) is 0.736. The highest BCUT2D eigenvalue weighted by molar-refractivity contribution is 7.89. The van der Waals surface area contributed by atoms with E-state index >= 15 is 0 Å². The first-order valence-electron chi connectivity index (χ1n) is 7.63. The van der Waals surface area contributed by atoms with E-state index in [0.29, 0.717) is 10.9 Å². The van der Waals surface area contributed by atoms with Gasteiger partial charge in [0.05, 0.1) is 11.3 Å². The maximum atomic E-state index is 12.2. The van der Waals surface area contributed by atoms with E-state index in [4.69, 9.17) is 0 Å². The summed E-state index contributed by atoms with van der Waals surface area (Å²) < 4.78 is 24.4. The van der Waals surface area contributed by atoms with Gasteiger partial charge < -0.3 is 0 Å². The Kier molecular flexibility index (Phi) is 6.09. The number of aromatic nitrogens is 1. The van der Waals surface area contributed by atoms with Gasteiger partial charge >= 0.3 is 0 Å². The van der Waals surface area contributed by atoms with Gasteiger partial charge in [0.25, 0.3) is 10.0 Å². The van der Waals surface area contributed by atoms with Crippen LogP contribution in [0.15, 0.2) is 34.5 Å². The molecule has 0 aliphatic heterocycles. The van der Waals surface area contributed by atoms with Crippen molar-refractivity contribution in [2.75, 3.05) is 0 Å². The van der Waals surface area contributed by atoms with Gasteiger partial charge in [0.2, 0.25) is 5.91 Å². The van der Waals surface area contributed by atoms with Crippen molar-refractivity contribution in [3.63, 3.8) is 0 Å². The second-order valence-electron chi connectivity index (χ2n) is 5.59. The monoisotopic (exact) mass is 367 g/mol. The van der Waals surface area contributed by atoms with Gasteiger partial charge in [-0.2, -0.15) is 0 Å². The van der Waals surface area contributed by atoms with E-state index in [1.165, 1.54) is 11.3 Å². The number of rotatable bonds is 7. The van der Waals surface area contributed by atoms with E-state index in [9.17, 15) is 13.2 Å². The summed E-state index contributed by atoms with van der Waals surface area (Å²) in [5, 5.41) is 2.48. The van der Waals surface area contributed by atoms with Gasteiger partial charge in [-0.1, -0.05) is 26.0 Å². The molecule has 1 aromatic heterocycles. The lowest BCUT2D eigenvalue weighted by Crippen LogP contribution is -2.42. The lowest BCUT2D eigenvalue weighted by molar-refractivity contribution is -0.120. The maximum absolute atomic E-state index is 12.2. The lowest BCUT2D eigenvalue weighted by atomic mass is 9.99. The number of benzene rings is 1. The summed E-state index contributed by atoms with van der Waals surface area (Å²) in [6.07, 6.45) is 1.02. The molecular weight excluding hydrogens is 346 g/mol. The number of hydrogen-bond donors (Lipinski definition) is 2. The van der Waals surface area contributed by atoms with Gasteiger partial charge in [-0.05, 0) is 37.0 Å². The molecule has 130 valence electrons. The van der Waals surface area contributed by atoms with Crippen LogP contribution in [0.2, 0.25) is 0 Å². The molecule has 0 saturated heterocycles. The zero-order chi connectivity index (χ0) is 17.7. The molecule has 2 aromatic rings. The predicted octanol–water partition coefficient (Wildman–Crippen LogP) is 2.52. The smallest absolute Gasteiger partial charge is 0.257 e. The average Bonchev–Trinajstić information content (AvgIpc) is 2.97. The van der Waals surface area contributed by atoms with E-state index in [2.05, 4.69) is 29.1 Å². The van der Waals surface area contributed by atoms with Gasteiger partial charge in [-0.3, -0.25) is 10.2 Å². The highest BCUT2D eigenvalue weighted by Crippen LogP contribution is 2.20. The molecule has 0 bridgehead atoms. The van der Waals surface area contributed by atoms with Crippen molar-refractivity contribution in [2.45, 2.75) is 44.4 Å². The number of sulfonamides is 1. The first kappa shape index (κ1) is 18.6. The Morgan fingerprint density at radius 3 is 2.50 bits per heavy atom. The molecule has 2 N–H and O–H groups in total. The van der Waals surface area contributed by atoms with Crippen molar-refractivity contribution in [2.24, 2.45) is 0 Å². The number of nitrogens with zero attached hydrogens (tertiary/aromatic N) is 1. The minimum atomic E-state index is -3.79. The predicted molar refractivity (Wildman–Crippen MR) is 94.2 cm³/mol. The highest BCUT2D eigenvalue weighted by atomic mass is 32.2. The summed E-state index contributed by atoms with van der Waals surface area (Å²) in [5.74, 6) is -0.0830. The Bertz CT molecular complexity index is 798. The lowest BCUT2D eigenvalue weighted by Gasteiger charge is -2.11. The zero-order valence-corrected chi connectivity index (χ0v) is 15.5. The summed E-state index contributed by atoms with van der Waals surface area (Å²) in [7, 11) is -3.79. The third-order valence-corrected chi connectivity index (χ3v) is 5.91. The van der Waals surface area contributed by atoms with Crippen molar-refractivity contribution < 1.29 is 13.2 Å². The van der Waals surface area contributed by atoms with Crippen molar-refractivity contribution in [3.05, 3.63) is 45.9 Å². The number of amides is 1. The Morgan fingerprint density at radius 1 is 1.29 bits per heavy atom. The molecule has 0 aliphatic rings. The van der Waals surface area contributed by atoms with E-state index in [1.807, 2.05) is 12.3 Å². The number of hydrazine groups is 1. The maximum Gasteiger partial charge on any atom is 0.257 e. The van der Waals surface area contributed by atoms with Gasteiger partial charge in [-0.25, -0.2) is 13.4 Å². The van der Waals surface area contributed by atoms with Crippen LogP contribution in [0.1, 0.15) is 42.5 Å². The van der Waals surface area contributed by atoms with Crippen LogP contribution < -0.4 is 10.3 Å². The number of carbonyl (C=O) groups excluding carboxylic acids is 1. The van der Waals surface area contributed by atoms with Crippen LogP contribution in [0.3, 0.4) is 0 Å². The van der Waals surface area contributed by atoms with Gasteiger partial charge in [0.1, 0.15) is 5.01 Å². The van der Waals surface area contributed by atoms with Crippen LogP contribution in [-0.2, 0) is 21.2 Å². The van der Waals surface area contributed by atoms with Gasteiger partial charge in [-0.15, -0.1) is 16.2 Å². The van der Waals surface area contributed by atoms with Crippen LogP contribution in [0.25, 0.3) is 0 Å². The Morgan fingerprint density at radius 2 is 1.96 bits per heavy atom. The fraction of sp³-hybridized carbons (Fsp3) is 0.375. The van der Waals surface area contributed by atoms with E-state index in [0.717, 1.165) is 17.7 Å². The molecule has 1 amide bonds. The van der Waals surface area contributed by atoms with Crippen LogP contribution in [0.5, 0.6) is 0 Å². The third kappa shape index (κ3) is 4.86. The molecule has 1 aromatic carbocycles. The number of carbonyl (C=O) groups is 1. The summed E-state index contributed by atoms with van der Waals surface area (Å²) in [6.45, 7) is 6.00. The van der Waals surface area contributed by atoms with E-state index < -0.39 is 15.9 Å². The molecule has 8 heteroatoms. The molecule has 24 heavy (non-hydrogen) atoms. The zero-order valence-electron chi connectivity index (χ0n) is 13.9. The molecule has 2 rings (SSSR count).